The van der Waals surface area contributed by atoms with Crippen molar-refractivity contribution in [2.75, 3.05) is 0 Å². The summed E-state index contributed by atoms with van der Waals surface area (Å²) in [5.74, 6) is 0.706. The maximum atomic E-state index is 2.46. The lowest BCUT2D eigenvalue weighted by Gasteiger charge is -2.25. The van der Waals surface area contributed by atoms with Gasteiger partial charge in [-0.2, -0.15) is 0 Å². The first-order chi connectivity index (χ1) is 8.34. The number of hydrogen-bond donors (Lipinski definition) is 0. The molecule has 0 nitrogen and oxygen atoms in total. The Bertz CT molecular complexity index is 531. The lowest BCUT2D eigenvalue weighted by molar-refractivity contribution is 0.583. The van der Waals surface area contributed by atoms with Gasteiger partial charge < -0.3 is 0 Å². The first-order valence-corrected chi connectivity index (χ1v) is 7.23. The topological polar surface area (TPSA) is 0 Å². The van der Waals surface area contributed by atoms with E-state index < -0.39 is 0 Å². The highest BCUT2D eigenvalue weighted by Crippen LogP contribution is 2.34. The van der Waals surface area contributed by atoms with E-state index in [4.69, 9.17) is 0 Å². The zero-order chi connectivity index (χ0) is 11.7. The molecule has 2 aromatic carbocycles. The Morgan fingerprint density at radius 2 is 1.59 bits per heavy atom. The quantitative estimate of drug-likeness (QED) is 0.671. The summed E-state index contributed by atoms with van der Waals surface area (Å²) in [5.41, 5.74) is 4.63. The van der Waals surface area contributed by atoms with Gasteiger partial charge in [0.05, 0.1) is 0 Å². The molecule has 1 unspecified atom stereocenters. The van der Waals surface area contributed by atoms with Gasteiger partial charge in [0.15, 0.2) is 0 Å². The van der Waals surface area contributed by atoms with Crippen molar-refractivity contribution in [2.24, 2.45) is 0 Å². The minimum Gasteiger partial charge on any atom is -0.0620 e. The molecule has 86 valence electrons. The number of hydrogen-bond acceptors (Lipinski definition) is 0. The van der Waals surface area contributed by atoms with Crippen molar-refractivity contribution >= 4 is 22.6 Å². The largest absolute Gasteiger partial charge is 0.0620 e. The van der Waals surface area contributed by atoms with Crippen LogP contribution in [0.1, 0.15) is 29.0 Å². The number of fused-ring (bicyclic) bond motifs is 1. The summed E-state index contributed by atoms with van der Waals surface area (Å²) in [6.45, 7) is 0. The number of rotatable bonds is 1. The second kappa shape index (κ2) is 4.81. The molecule has 0 saturated heterocycles. The lowest BCUT2D eigenvalue weighted by Crippen LogP contribution is -2.13. The van der Waals surface area contributed by atoms with E-state index >= 15 is 0 Å². The van der Waals surface area contributed by atoms with E-state index in [-0.39, 0.29) is 0 Å². The molecule has 0 N–H and O–H groups in total. The molecular weight excluding hydrogens is 319 g/mol. The standard InChI is InChI=1S/C16H15I/c17-16-8-4-3-7-15(16)14-10-9-12-5-1-2-6-13(12)11-14/h1-8,14H,9-11H2. The second-order valence-electron chi connectivity index (χ2n) is 4.73. The van der Waals surface area contributed by atoms with E-state index in [1.807, 2.05) is 0 Å². The third-order valence-corrected chi connectivity index (χ3v) is 4.67. The molecule has 0 aromatic heterocycles. The molecule has 0 aliphatic heterocycles. The first-order valence-electron chi connectivity index (χ1n) is 6.16. The minimum atomic E-state index is 0.706. The van der Waals surface area contributed by atoms with E-state index in [9.17, 15) is 0 Å². The maximum absolute atomic E-state index is 2.46. The van der Waals surface area contributed by atoms with Gasteiger partial charge in [0.2, 0.25) is 0 Å². The summed E-state index contributed by atoms with van der Waals surface area (Å²) in [6.07, 6.45) is 3.72. The molecule has 2 aromatic rings. The van der Waals surface area contributed by atoms with Gasteiger partial charge in [-0.1, -0.05) is 42.5 Å². The van der Waals surface area contributed by atoms with Crippen molar-refractivity contribution in [1.29, 1.82) is 0 Å². The summed E-state index contributed by atoms with van der Waals surface area (Å²) in [4.78, 5) is 0. The van der Waals surface area contributed by atoms with Crippen LogP contribution < -0.4 is 0 Å². The average molecular weight is 334 g/mol. The molecule has 0 amide bonds. The SMILES string of the molecule is Ic1ccccc1C1CCc2ccccc2C1. The predicted molar refractivity (Wildman–Crippen MR) is 80.4 cm³/mol. The summed E-state index contributed by atoms with van der Waals surface area (Å²) < 4.78 is 1.41. The van der Waals surface area contributed by atoms with Crippen molar-refractivity contribution in [2.45, 2.75) is 25.2 Å². The zero-order valence-corrected chi connectivity index (χ0v) is 11.9. The molecule has 0 fully saturated rings. The fourth-order valence-electron chi connectivity index (χ4n) is 2.77. The summed E-state index contributed by atoms with van der Waals surface area (Å²) >= 11 is 2.46. The van der Waals surface area contributed by atoms with E-state index in [1.54, 1.807) is 11.1 Å². The molecule has 1 atom stereocenters. The Morgan fingerprint density at radius 3 is 2.41 bits per heavy atom. The molecule has 1 aliphatic carbocycles. The van der Waals surface area contributed by atoms with Crippen LogP contribution in [0.2, 0.25) is 0 Å². The summed E-state index contributed by atoms with van der Waals surface area (Å²) in [7, 11) is 0. The molecule has 1 heteroatoms. The molecule has 0 bridgehead atoms. The van der Waals surface area contributed by atoms with Gasteiger partial charge >= 0.3 is 0 Å². The summed E-state index contributed by atoms with van der Waals surface area (Å²) in [5, 5.41) is 0. The molecule has 1 aliphatic rings. The van der Waals surface area contributed by atoms with Gasteiger partial charge in [0, 0.05) is 3.57 Å². The van der Waals surface area contributed by atoms with E-state index in [0.29, 0.717) is 5.92 Å². The molecule has 0 heterocycles. The van der Waals surface area contributed by atoms with Crippen LogP contribution >= 0.6 is 22.6 Å². The van der Waals surface area contributed by atoms with Crippen molar-refractivity contribution in [3.05, 3.63) is 68.8 Å². The van der Waals surface area contributed by atoms with Crippen LogP contribution in [0.4, 0.5) is 0 Å². The molecule has 0 spiro atoms. The highest BCUT2D eigenvalue weighted by molar-refractivity contribution is 14.1. The smallest absolute Gasteiger partial charge is 0.0165 e. The Hall–Kier alpha value is -0.830. The van der Waals surface area contributed by atoms with Crippen molar-refractivity contribution in [3.63, 3.8) is 0 Å². The Morgan fingerprint density at radius 1 is 0.882 bits per heavy atom. The van der Waals surface area contributed by atoms with E-state index in [2.05, 4.69) is 71.1 Å². The van der Waals surface area contributed by atoms with Crippen LogP contribution in [-0.2, 0) is 12.8 Å². The van der Waals surface area contributed by atoms with E-state index in [1.165, 1.54) is 28.4 Å². The zero-order valence-electron chi connectivity index (χ0n) is 9.70. The average Bonchev–Trinajstić information content (AvgIpc) is 2.39. The van der Waals surface area contributed by atoms with E-state index in [0.717, 1.165) is 0 Å². The number of aryl methyl sites for hydroxylation is 1. The highest BCUT2D eigenvalue weighted by atomic mass is 127. The first kappa shape index (κ1) is 11.3. The predicted octanol–water partition coefficient (Wildman–Crippen LogP) is 4.56. The van der Waals surface area contributed by atoms with Gasteiger partial charge in [-0.05, 0) is 70.5 Å². The van der Waals surface area contributed by atoms with Gasteiger partial charge in [-0.15, -0.1) is 0 Å². The van der Waals surface area contributed by atoms with Crippen LogP contribution in [0.5, 0.6) is 0 Å². The molecule has 0 radical (unpaired) electrons. The third kappa shape index (κ3) is 2.25. The fourth-order valence-corrected chi connectivity index (χ4v) is 3.60. The molecule has 3 rings (SSSR count). The lowest BCUT2D eigenvalue weighted by atomic mass is 9.80. The second-order valence-corrected chi connectivity index (χ2v) is 5.89. The molecular formula is C16H15I. The number of halogens is 1. The van der Waals surface area contributed by atoms with Gasteiger partial charge in [0.1, 0.15) is 0 Å². The maximum Gasteiger partial charge on any atom is 0.0165 e. The van der Waals surface area contributed by atoms with Crippen molar-refractivity contribution in [3.8, 4) is 0 Å². The third-order valence-electron chi connectivity index (χ3n) is 3.69. The molecule has 0 saturated carbocycles. The normalized spacial score (nSPS) is 18.8. The van der Waals surface area contributed by atoms with Gasteiger partial charge in [-0.3, -0.25) is 0 Å². The minimum absolute atomic E-state index is 0.706. The molecule has 17 heavy (non-hydrogen) atoms. The Labute approximate surface area is 116 Å². The van der Waals surface area contributed by atoms with Crippen LogP contribution in [0.15, 0.2) is 48.5 Å². The van der Waals surface area contributed by atoms with Gasteiger partial charge in [-0.25, -0.2) is 0 Å². The van der Waals surface area contributed by atoms with Crippen LogP contribution in [0, 0.1) is 3.57 Å². The van der Waals surface area contributed by atoms with Gasteiger partial charge in [0.25, 0.3) is 0 Å². The Balaban J connectivity index is 1.92. The number of benzene rings is 2. The summed E-state index contributed by atoms with van der Waals surface area (Å²) in [6, 6.07) is 17.7. The Kier molecular flexibility index (Phi) is 3.19. The van der Waals surface area contributed by atoms with Crippen LogP contribution in [0.25, 0.3) is 0 Å². The monoisotopic (exact) mass is 334 g/mol. The highest BCUT2D eigenvalue weighted by Gasteiger charge is 2.20. The fraction of sp³-hybridized carbons (Fsp3) is 0.250. The van der Waals surface area contributed by atoms with Crippen molar-refractivity contribution < 1.29 is 0 Å². The van der Waals surface area contributed by atoms with Crippen LogP contribution in [-0.4, -0.2) is 0 Å². The van der Waals surface area contributed by atoms with Crippen LogP contribution in [0.3, 0.4) is 0 Å². The van der Waals surface area contributed by atoms with Crippen molar-refractivity contribution in [1.82, 2.24) is 0 Å².